The van der Waals surface area contributed by atoms with Crippen molar-refractivity contribution in [2.45, 2.75) is 116 Å². The van der Waals surface area contributed by atoms with E-state index >= 15 is 0 Å². The van der Waals surface area contributed by atoms with E-state index in [9.17, 15) is 10.2 Å². The third-order valence-electron chi connectivity index (χ3n) is 5.60. The van der Waals surface area contributed by atoms with E-state index in [0.29, 0.717) is 5.56 Å². The van der Waals surface area contributed by atoms with Gasteiger partial charge >= 0.3 is 0 Å². The highest BCUT2D eigenvalue weighted by Gasteiger charge is 2.09. The summed E-state index contributed by atoms with van der Waals surface area (Å²) >= 11 is 0. The molecule has 0 bridgehead atoms. The lowest BCUT2D eigenvalue weighted by Gasteiger charge is -2.14. The van der Waals surface area contributed by atoms with Crippen molar-refractivity contribution in [3.63, 3.8) is 0 Å². The normalized spacial score (nSPS) is 12.4. The van der Waals surface area contributed by atoms with Gasteiger partial charge in [0, 0.05) is 5.56 Å². The monoisotopic (exact) mass is 391 g/mol. The molecule has 1 atom stereocenters. The van der Waals surface area contributed by atoms with Crippen molar-refractivity contribution in [3.05, 3.63) is 29.8 Å². The first-order valence-electron chi connectivity index (χ1n) is 11.9. The Hall–Kier alpha value is -1.06. The fourth-order valence-electron chi connectivity index (χ4n) is 3.74. The number of hydrogen-bond donors (Lipinski definition) is 3. The summed E-state index contributed by atoms with van der Waals surface area (Å²) in [6.45, 7) is 3.07. The maximum atomic E-state index is 10.1. The molecule has 3 N–H and O–H groups in total. The van der Waals surface area contributed by atoms with Crippen LogP contribution in [-0.2, 0) is 0 Å². The first-order chi connectivity index (χ1) is 13.8. The van der Waals surface area contributed by atoms with Gasteiger partial charge < -0.3 is 10.2 Å². The number of phenols is 1. The molecular weight excluding hydrogens is 346 g/mol. The largest absolute Gasteiger partial charge is 0.508 e. The van der Waals surface area contributed by atoms with Crippen LogP contribution in [0.25, 0.3) is 0 Å². The summed E-state index contributed by atoms with van der Waals surface area (Å²) in [5.74, 6) is 0.148. The second-order valence-corrected chi connectivity index (χ2v) is 8.22. The van der Waals surface area contributed by atoms with Gasteiger partial charge in [0.05, 0.1) is 0 Å². The van der Waals surface area contributed by atoms with E-state index in [0.717, 1.165) is 13.0 Å². The van der Waals surface area contributed by atoms with Gasteiger partial charge in [0.1, 0.15) is 12.0 Å². The molecule has 0 saturated carbocycles. The zero-order valence-electron chi connectivity index (χ0n) is 18.3. The van der Waals surface area contributed by atoms with Crippen molar-refractivity contribution in [1.82, 2.24) is 5.32 Å². The van der Waals surface area contributed by atoms with Crippen molar-refractivity contribution >= 4 is 0 Å². The van der Waals surface area contributed by atoms with Gasteiger partial charge in [0.2, 0.25) is 0 Å². The second kappa shape index (κ2) is 18.0. The maximum absolute atomic E-state index is 10.1. The van der Waals surface area contributed by atoms with Crippen LogP contribution < -0.4 is 5.32 Å². The van der Waals surface area contributed by atoms with Crippen LogP contribution in [0.4, 0.5) is 0 Å². The third kappa shape index (κ3) is 13.2. The summed E-state index contributed by atoms with van der Waals surface area (Å²) in [5, 5.41) is 22.9. The number of unbranched alkanes of at least 4 members (excludes halogenated alkanes) is 15. The molecule has 3 nitrogen and oxygen atoms in total. The van der Waals surface area contributed by atoms with Crippen LogP contribution in [0.5, 0.6) is 5.75 Å². The number of rotatable bonds is 19. The third-order valence-corrected chi connectivity index (χ3v) is 5.60. The summed E-state index contributed by atoms with van der Waals surface area (Å²) in [5.41, 5.74) is 0.555. The van der Waals surface area contributed by atoms with Gasteiger partial charge in [-0.3, -0.25) is 5.32 Å². The Morgan fingerprint density at radius 2 is 1.11 bits per heavy atom. The number of aromatic hydroxyl groups is 1. The molecule has 0 heterocycles. The van der Waals surface area contributed by atoms with Crippen molar-refractivity contribution in [2.75, 3.05) is 6.54 Å². The Morgan fingerprint density at radius 1 is 0.679 bits per heavy atom. The summed E-state index contributed by atoms with van der Waals surface area (Å²) in [7, 11) is 0. The number of hydrogen-bond acceptors (Lipinski definition) is 3. The topological polar surface area (TPSA) is 52.5 Å². The van der Waals surface area contributed by atoms with Crippen molar-refractivity contribution in [2.24, 2.45) is 0 Å². The molecule has 0 aliphatic rings. The molecule has 3 heteroatoms. The molecule has 0 aliphatic carbocycles. The lowest BCUT2D eigenvalue weighted by Crippen LogP contribution is -2.22. The van der Waals surface area contributed by atoms with Crippen LogP contribution in [0.15, 0.2) is 24.3 Å². The van der Waals surface area contributed by atoms with E-state index in [1.165, 1.54) is 96.3 Å². The fourth-order valence-corrected chi connectivity index (χ4v) is 3.74. The number of aliphatic hydroxyl groups is 1. The lowest BCUT2D eigenvalue weighted by molar-refractivity contribution is 0.135. The summed E-state index contributed by atoms with van der Waals surface area (Å²) in [6, 6.07) is 6.95. The molecule has 1 rings (SSSR count). The molecular formula is C25H45NO2. The minimum atomic E-state index is -0.780. The van der Waals surface area contributed by atoms with Crippen molar-refractivity contribution in [1.29, 1.82) is 0 Å². The van der Waals surface area contributed by atoms with Gasteiger partial charge in [-0.2, -0.15) is 0 Å². The average molecular weight is 392 g/mol. The quantitative estimate of drug-likeness (QED) is 0.172. The summed E-state index contributed by atoms with van der Waals surface area (Å²) in [6.07, 6.45) is 21.1. The molecule has 0 radical (unpaired) electrons. The number of aliphatic hydroxyl groups excluding tert-OH is 1. The SMILES string of the molecule is CCCCCCCCCCCCCCCCCCNC(O)c1ccccc1O. The fraction of sp³-hybridized carbons (Fsp3) is 0.760. The Balaban J connectivity index is 1.79. The summed E-state index contributed by atoms with van der Waals surface area (Å²) in [4.78, 5) is 0. The average Bonchev–Trinajstić information content (AvgIpc) is 2.70. The predicted molar refractivity (Wildman–Crippen MR) is 121 cm³/mol. The van der Waals surface area contributed by atoms with Crippen LogP contribution in [-0.4, -0.2) is 16.8 Å². The van der Waals surface area contributed by atoms with Crippen LogP contribution in [0.1, 0.15) is 121 Å². The first kappa shape index (κ1) is 25.0. The van der Waals surface area contributed by atoms with E-state index < -0.39 is 6.23 Å². The Morgan fingerprint density at radius 3 is 1.57 bits per heavy atom. The van der Waals surface area contributed by atoms with Gasteiger partial charge in [-0.1, -0.05) is 121 Å². The number of para-hydroxylation sites is 1. The summed E-state index contributed by atoms with van der Waals surface area (Å²) < 4.78 is 0. The molecule has 0 saturated heterocycles. The standard InChI is InChI=1S/C25H45NO2/c1-2-3-4-5-6-7-8-9-10-11-12-13-14-15-16-19-22-26-25(28)23-20-17-18-21-24(23)27/h17-18,20-21,25-28H,2-16,19,22H2,1H3. The molecule has 0 aliphatic heterocycles. The number of benzene rings is 1. The van der Waals surface area contributed by atoms with Gasteiger partial charge in [-0.25, -0.2) is 0 Å². The zero-order valence-corrected chi connectivity index (χ0v) is 18.3. The second-order valence-electron chi connectivity index (χ2n) is 8.22. The Bertz CT molecular complexity index is 464. The molecule has 0 aromatic heterocycles. The van der Waals surface area contributed by atoms with E-state index in [-0.39, 0.29) is 5.75 Å². The van der Waals surface area contributed by atoms with E-state index in [1.54, 1.807) is 18.2 Å². The van der Waals surface area contributed by atoms with Crippen LogP contribution in [0.2, 0.25) is 0 Å². The minimum Gasteiger partial charge on any atom is -0.508 e. The number of phenolic OH excluding ortho intramolecular Hbond substituents is 1. The zero-order chi connectivity index (χ0) is 20.3. The molecule has 1 aromatic rings. The Kier molecular flexibility index (Phi) is 16.1. The molecule has 162 valence electrons. The molecule has 1 aromatic carbocycles. The van der Waals surface area contributed by atoms with E-state index in [2.05, 4.69) is 12.2 Å². The van der Waals surface area contributed by atoms with Crippen molar-refractivity contribution in [3.8, 4) is 5.75 Å². The predicted octanol–water partition coefficient (Wildman–Crippen LogP) is 7.23. The molecule has 0 amide bonds. The maximum Gasteiger partial charge on any atom is 0.134 e. The molecule has 1 unspecified atom stereocenters. The molecule has 0 spiro atoms. The minimum absolute atomic E-state index is 0.148. The van der Waals surface area contributed by atoms with Crippen molar-refractivity contribution < 1.29 is 10.2 Å². The Labute approximate surface area is 174 Å². The van der Waals surface area contributed by atoms with Gasteiger partial charge in [-0.15, -0.1) is 0 Å². The molecule has 0 fully saturated rings. The van der Waals surface area contributed by atoms with E-state index in [4.69, 9.17) is 0 Å². The first-order valence-corrected chi connectivity index (χ1v) is 11.9. The number of nitrogens with one attached hydrogen (secondary N) is 1. The molecule has 28 heavy (non-hydrogen) atoms. The smallest absolute Gasteiger partial charge is 0.134 e. The van der Waals surface area contributed by atoms with Gasteiger partial charge in [0.25, 0.3) is 0 Å². The highest BCUT2D eigenvalue weighted by molar-refractivity contribution is 5.33. The highest BCUT2D eigenvalue weighted by atomic mass is 16.3. The lowest BCUT2D eigenvalue weighted by atomic mass is 10.0. The van der Waals surface area contributed by atoms with E-state index in [1.807, 2.05) is 6.07 Å². The van der Waals surface area contributed by atoms with Crippen LogP contribution in [0.3, 0.4) is 0 Å². The highest BCUT2D eigenvalue weighted by Crippen LogP contribution is 2.21. The van der Waals surface area contributed by atoms with Gasteiger partial charge in [-0.05, 0) is 19.0 Å². The van der Waals surface area contributed by atoms with Crippen LogP contribution >= 0.6 is 0 Å². The van der Waals surface area contributed by atoms with Gasteiger partial charge in [0.15, 0.2) is 0 Å². The van der Waals surface area contributed by atoms with Crippen LogP contribution in [0, 0.1) is 0 Å².